The number of pyridine rings is 1. The van der Waals surface area contributed by atoms with Crippen LogP contribution in [0.2, 0.25) is 10.2 Å². The van der Waals surface area contributed by atoms with Crippen molar-refractivity contribution in [3.8, 4) is 0 Å². The van der Waals surface area contributed by atoms with Crippen LogP contribution >= 0.6 is 23.2 Å². The number of benzene rings is 3. The molecule has 4 nitrogen and oxygen atoms in total. The van der Waals surface area contributed by atoms with Gasteiger partial charge in [-0.25, -0.2) is 9.99 Å². The molecule has 158 valence electrons. The maximum atomic E-state index is 13.5. The Labute approximate surface area is 196 Å². The van der Waals surface area contributed by atoms with Crippen LogP contribution < -0.4 is 0 Å². The minimum absolute atomic E-state index is 0.271. The van der Waals surface area contributed by atoms with Crippen LogP contribution in [0.15, 0.2) is 84.0 Å². The van der Waals surface area contributed by atoms with Crippen LogP contribution in [0, 0.1) is 6.92 Å². The summed E-state index contributed by atoms with van der Waals surface area (Å²) >= 11 is 13.0. The van der Waals surface area contributed by atoms with Gasteiger partial charge in [-0.05, 0) is 36.2 Å². The molecule has 1 aromatic heterocycles. The van der Waals surface area contributed by atoms with Crippen LogP contribution in [0.4, 0.5) is 0 Å². The van der Waals surface area contributed by atoms with Gasteiger partial charge in [-0.2, -0.15) is 5.10 Å². The summed E-state index contributed by atoms with van der Waals surface area (Å²) in [5.41, 5.74) is 4.85. The smallest absolute Gasteiger partial charge is 0.267 e. The molecule has 1 atom stereocenters. The zero-order valence-corrected chi connectivity index (χ0v) is 18.8. The SMILES string of the molecule is Cc1cccc2cc(C3CC(c4ccccc4)=NN3C(=O)c3ccccc3Cl)c(Cl)nc12. The van der Waals surface area contributed by atoms with Gasteiger partial charge in [-0.15, -0.1) is 0 Å². The second-order valence-electron chi connectivity index (χ2n) is 7.78. The molecule has 6 heteroatoms. The molecule has 1 aliphatic heterocycles. The van der Waals surface area contributed by atoms with Crippen LogP contribution in [0.3, 0.4) is 0 Å². The van der Waals surface area contributed by atoms with E-state index in [-0.39, 0.29) is 11.9 Å². The lowest BCUT2D eigenvalue weighted by Crippen LogP contribution is -2.27. The highest BCUT2D eigenvalue weighted by Crippen LogP contribution is 2.38. The molecule has 0 saturated heterocycles. The van der Waals surface area contributed by atoms with Crippen molar-refractivity contribution in [2.24, 2.45) is 5.10 Å². The average molecular weight is 460 g/mol. The Morgan fingerprint density at radius 2 is 1.72 bits per heavy atom. The highest BCUT2D eigenvalue weighted by atomic mass is 35.5. The van der Waals surface area contributed by atoms with Gasteiger partial charge in [0, 0.05) is 17.4 Å². The van der Waals surface area contributed by atoms with Crippen molar-refractivity contribution in [1.29, 1.82) is 0 Å². The highest BCUT2D eigenvalue weighted by Gasteiger charge is 2.36. The molecule has 1 aliphatic rings. The number of amides is 1. The molecule has 1 amide bonds. The average Bonchev–Trinajstić information content (AvgIpc) is 3.25. The Morgan fingerprint density at radius 3 is 2.50 bits per heavy atom. The van der Waals surface area contributed by atoms with Crippen LogP contribution in [0.1, 0.15) is 39.5 Å². The number of carbonyl (C=O) groups excluding carboxylic acids is 1. The van der Waals surface area contributed by atoms with Gasteiger partial charge in [0.15, 0.2) is 0 Å². The molecule has 0 aliphatic carbocycles. The summed E-state index contributed by atoms with van der Waals surface area (Å²) in [4.78, 5) is 18.2. The predicted molar refractivity (Wildman–Crippen MR) is 129 cm³/mol. The van der Waals surface area contributed by atoms with E-state index < -0.39 is 0 Å². The first-order valence-electron chi connectivity index (χ1n) is 10.3. The van der Waals surface area contributed by atoms with Crippen molar-refractivity contribution in [2.45, 2.75) is 19.4 Å². The number of hydrogen-bond donors (Lipinski definition) is 0. The number of carbonyl (C=O) groups is 1. The molecule has 3 aromatic carbocycles. The number of aryl methyl sites for hydroxylation is 1. The van der Waals surface area contributed by atoms with E-state index in [2.05, 4.69) is 4.98 Å². The van der Waals surface area contributed by atoms with Gasteiger partial charge in [0.05, 0.1) is 27.9 Å². The quantitative estimate of drug-likeness (QED) is 0.314. The van der Waals surface area contributed by atoms with Crippen LogP contribution in [-0.2, 0) is 0 Å². The largest absolute Gasteiger partial charge is 0.276 e. The van der Waals surface area contributed by atoms with Gasteiger partial charge in [-0.1, -0.05) is 83.9 Å². The van der Waals surface area contributed by atoms with Crippen LogP contribution in [0.25, 0.3) is 10.9 Å². The number of hydrogen-bond acceptors (Lipinski definition) is 3. The lowest BCUT2D eigenvalue weighted by atomic mass is 9.97. The molecular weight excluding hydrogens is 441 g/mol. The normalized spacial score (nSPS) is 15.8. The number of hydrazone groups is 1. The first-order valence-corrected chi connectivity index (χ1v) is 11.1. The molecule has 2 heterocycles. The van der Waals surface area contributed by atoms with E-state index in [4.69, 9.17) is 28.3 Å². The van der Waals surface area contributed by atoms with Gasteiger partial charge in [0.1, 0.15) is 5.15 Å². The summed E-state index contributed by atoms with van der Waals surface area (Å²) in [7, 11) is 0. The van der Waals surface area contributed by atoms with Crippen molar-refractivity contribution in [1.82, 2.24) is 9.99 Å². The monoisotopic (exact) mass is 459 g/mol. The number of aromatic nitrogens is 1. The summed E-state index contributed by atoms with van der Waals surface area (Å²) < 4.78 is 0. The van der Waals surface area contributed by atoms with E-state index in [1.165, 1.54) is 5.01 Å². The lowest BCUT2D eigenvalue weighted by Gasteiger charge is -2.23. The number of nitrogens with zero attached hydrogens (tertiary/aromatic N) is 3. The van der Waals surface area contributed by atoms with E-state index >= 15 is 0 Å². The molecule has 0 bridgehead atoms. The topological polar surface area (TPSA) is 45.6 Å². The second-order valence-corrected chi connectivity index (χ2v) is 8.54. The third-order valence-electron chi connectivity index (χ3n) is 5.72. The molecule has 0 N–H and O–H groups in total. The fourth-order valence-electron chi connectivity index (χ4n) is 4.08. The fraction of sp³-hybridized carbons (Fsp3) is 0.115. The summed E-state index contributed by atoms with van der Waals surface area (Å²) in [5.74, 6) is -0.271. The number of para-hydroxylation sites is 1. The maximum Gasteiger partial charge on any atom is 0.276 e. The predicted octanol–water partition coefficient (Wildman–Crippen LogP) is 6.84. The van der Waals surface area contributed by atoms with Crippen molar-refractivity contribution in [3.63, 3.8) is 0 Å². The van der Waals surface area contributed by atoms with Crippen LogP contribution in [-0.4, -0.2) is 21.6 Å². The first kappa shape index (κ1) is 20.7. The zero-order chi connectivity index (χ0) is 22.2. The van der Waals surface area contributed by atoms with Gasteiger partial charge in [0.2, 0.25) is 0 Å². The van der Waals surface area contributed by atoms with Gasteiger partial charge >= 0.3 is 0 Å². The highest BCUT2D eigenvalue weighted by molar-refractivity contribution is 6.34. The Balaban J connectivity index is 1.63. The Bertz CT molecular complexity index is 1370. The maximum absolute atomic E-state index is 13.5. The van der Waals surface area contributed by atoms with Gasteiger partial charge in [0.25, 0.3) is 5.91 Å². The van der Waals surface area contributed by atoms with Crippen molar-refractivity contribution >= 4 is 45.7 Å². The van der Waals surface area contributed by atoms with Gasteiger partial charge < -0.3 is 0 Å². The van der Waals surface area contributed by atoms with E-state index in [0.29, 0.717) is 22.2 Å². The molecule has 5 rings (SSSR count). The molecule has 1 unspecified atom stereocenters. The Kier molecular flexibility index (Phi) is 5.41. The van der Waals surface area contributed by atoms with Crippen LogP contribution in [0.5, 0.6) is 0 Å². The summed E-state index contributed by atoms with van der Waals surface area (Å²) in [6, 6.07) is 24.5. The van der Waals surface area contributed by atoms with E-state index in [9.17, 15) is 4.79 Å². The van der Waals surface area contributed by atoms with Crippen molar-refractivity contribution < 1.29 is 4.79 Å². The van der Waals surface area contributed by atoms with Crippen molar-refractivity contribution in [2.75, 3.05) is 0 Å². The number of halogens is 2. The first-order chi connectivity index (χ1) is 15.5. The zero-order valence-electron chi connectivity index (χ0n) is 17.3. The summed E-state index contributed by atoms with van der Waals surface area (Å²) in [5, 5.41) is 7.96. The third kappa shape index (κ3) is 3.66. The summed E-state index contributed by atoms with van der Waals surface area (Å²) in [6.45, 7) is 2.00. The van der Waals surface area contributed by atoms with E-state index in [1.54, 1.807) is 24.3 Å². The lowest BCUT2D eigenvalue weighted by molar-refractivity contribution is 0.0711. The van der Waals surface area contributed by atoms with Crippen molar-refractivity contribution in [3.05, 3.63) is 111 Å². The molecule has 0 radical (unpaired) electrons. The minimum atomic E-state index is -0.390. The minimum Gasteiger partial charge on any atom is -0.267 e. The van der Waals surface area contributed by atoms with Gasteiger partial charge in [-0.3, -0.25) is 4.79 Å². The number of fused-ring (bicyclic) bond motifs is 1. The molecular formula is C26H19Cl2N3O. The van der Waals surface area contributed by atoms with E-state index in [0.717, 1.165) is 33.3 Å². The summed E-state index contributed by atoms with van der Waals surface area (Å²) in [6.07, 6.45) is 0.527. The van der Waals surface area contributed by atoms with E-state index in [1.807, 2.05) is 61.5 Å². The fourth-order valence-corrected chi connectivity index (χ4v) is 4.56. The third-order valence-corrected chi connectivity index (χ3v) is 6.35. The molecule has 4 aromatic rings. The number of rotatable bonds is 3. The molecule has 0 saturated carbocycles. The second kappa shape index (κ2) is 8.38. The molecule has 32 heavy (non-hydrogen) atoms. The standard InChI is InChI=1S/C26H19Cl2N3O/c1-16-8-7-11-18-14-20(25(28)29-24(16)18)23-15-22(17-9-3-2-4-10-17)30-31(23)26(32)19-12-5-6-13-21(19)27/h2-14,23H,15H2,1H3. The Morgan fingerprint density at radius 1 is 0.969 bits per heavy atom. The molecule has 0 fully saturated rings. The molecule has 0 spiro atoms. The Hall–Kier alpha value is -3.21.